The zero-order valence-electron chi connectivity index (χ0n) is 13.1. The van der Waals surface area contributed by atoms with E-state index in [0.717, 1.165) is 0 Å². The van der Waals surface area contributed by atoms with Gasteiger partial charge < -0.3 is 5.32 Å². The van der Waals surface area contributed by atoms with Crippen molar-refractivity contribution >= 4 is 29.4 Å². The number of carbonyl (C=O) groups excluding carboxylic acids is 2. The molecule has 0 aliphatic rings. The maximum atomic E-state index is 11.8. The van der Waals surface area contributed by atoms with E-state index in [1.165, 1.54) is 30.5 Å². The highest BCUT2D eigenvalue weighted by Crippen LogP contribution is 2.17. The van der Waals surface area contributed by atoms with E-state index in [-0.39, 0.29) is 18.5 Å². The lowest BCUT2D eigenvalue weighted by Crippen LogP contribution is -2.20. The van der Waals surface area contributed by atoms with Gasteiger partial charge in [0.25, 0.3) is 5.69 Å². The number of pyridine rings is 1. The van der Waals surface area contributed by atoms with Crippen molar-refractivity contribution in [3.05, 3.63) is 64.5 Å². The van der Waals surface area contributed by atoms with Gasteiger partial charge in [-0.15, -0.1) is 0 Å². The monoisotopic (exact) mass is 341 g/mol. The van der Waals surface area contributed by atoms with Gasteiger partial charge in [0.1, 0.15) is 0 Å². The standard InChI is InChI=1S/C16H15N5O4/c22-15(19-12-5-3-6-14(10-12)21(24)25)7-8-16(23)20-18-11-13-4-1-2-9-17-13/h1-6,9-11H,7-8H2,(H,19,22)(H,20,23)/b18-11+. The quantitative estimate of drug-likeness (QED) is 0.451. The summed E-state index contributed by atoms with van der Waals surface area (Å²) in [5.41, 5.74) is 3.06. The number of non-ortho nitro benzene ring substituents is 1. The molecular formula is C16H15N5O4. The summed E-state index contributed by atoms with van der Waals surface area (Å²) in [6, 6.07) is 10.8. The van der Waals surface area contributed by atoms with Gasteiger partial charge in [-0.3, -0.25) is 24.7 Å². The third-order valence-corrected chi connectivity index (χ3v) is 2.99. The molecule has 0 spiro atoms. The van der Waals surface area contributed by atoms with Crippen molar-refractivity contribution in [2.45, 2.75) is 12.8 Å². The second kappa shape index (κ2) is 8.87. The summed E-state index contributed by atoms with van der Waals surface area (Å²) < 4.78 is 0. The van der Waals surface area contributed by atoms with Crippen molar-refractivity contribution < 1.29 is 14.5 Å². The number of benzene rings is 1. The van der Waals surface area contributed by atoms with E-state index in [9.17, 15) is 19.7 Å². The summed E-state index contributed by atoms with van der Waals surface area (Å²) >= 11 is 0. The third-order valence-electron chi connectivity index (χ3n) is 2.99. The Morgan fingerprint density at radius 1 is 1.16 bits per heavy atom. The Kier molecular flexibility index (Phi) is 6.29. The molecule has 0 saturated heterocycles. The Hall–Kier alpha value is -3.62. The molecule has 2 aromatic rings. The molecule has 0 fully saturated rings. The first-order chi connectivity index (χ1) is 12.0. The molecule has 9 heteroatoms. The highest BCUT2D eigenvalue weighted by Gasteiger charge is 2.09. The first kappa shape index (κ1) is 17.7. The Morgan fingerprint density at radius 3 is 2.68 bits per heavy atom. The Labute approximate surface area is 142 Å². The Morgan fingerprint density at radius 2 is 1.96 bits per heavy atom. The molecule has 2 rings (SSSR count). The fraction of sp³-hybridized carbons (Fsp3) is 0.125. The number of aromatic nitrogens is 1. The number of rotatable bonds is 7. The van der Waals surface area contributed by atoms with E-state index in [1.54, 1.807) is 24.4 Å². The van der Waals surface area contributed by atoms with Crippen molar-refractivity contribution in [3.8, 4) is 0 Å². The first-order valence-corrected chi connectivity index (χ1v) is 7.32. The molecule has 128 valence electrons. The van der Waals surface area contributed by atoms with Crippen LogP contribution in [0.4, 0.5) is 11.4 Å². The molecule has 1 aromatic carbocycles. The SMILES string of the molecule is O=C(CCC(=O)Nc1cccc([N+](=O)[O-])c1)N/N=C/c1ccccn1. The minimum atomic E-state index is -0.553. The fourth-order valence-corrected chi connectivity index (χ4v) is 1.83. The van der Waals surface area contributed by atoms with Gasteiger partial charge in [0.05, 0.1) is 16.8 Å². The maximum Gasteiger partial charge on any atom is 0.271 e. The number of hydrogen-bond acceptors (Lipinski definition) is 6. The van der Waals surface area contributed by atoms with Gasteiger partial charge in [0, 0.05) is 36.9 Å². The van der Waals surface area contributed by atoms with Crippen LogP contribution in [0.3, 0.4) is 0 Å². The zero-order valence-corrected chi connectivity index (χ0v) is 13.1. The van der Waals surface area contributed by atoms with Crippen LogP contribution in [0, 0.1) is 10.1 Å². The molecule has 1 aromatic heterocycles. The molecule has 9 nitrogen and oxygen atoms in total. The third kappa shape index (κ3) is 6.18. The van der Waals surface area contributed by atoms with Crippen molar-refractivity contribution in [1.82, 2.24) is 10.4 Å². The summed E-state index contributed by atoms with van der Waals surface area (Å²) in [6.45, 7) is 0. The summed E-state index contributed by atoms with van der Waals surface area (Å²) in [5.74, 6) is -0.856. The Balaban J connectivity index is 1.76. The number of nitro groups is 1. The number of carbonyl (C=O) groups is 2. The predicted molar refractivity (Wildman–Crippen MR) is 90.9 cm³/mol. The minimum Gasteiger partial charge on any atom is -0.326 e. The molecule has 2 N–H and O–H groups in total. The topological polar surface area (TPSA) is 127 Å². The lowest BCUT2D eigenvalue weighted by Gasteiger charge is -2.04. The van der Waals surface area contributed by atoms with Crippen LogP contribution in [0.15, 0.2) is 53.8 Å². The average molecular weight is 341 g/mol. The minimum absolute atomic E-state index is 0.0691. The van der Waals surface area contributed by atoms with Crippen LogP contribution in [-0.4, -0.2) is 27.9 Å². The highest BCUT2D eigenvalue weighted by atomic mass is 16.6. The van der Waals surface area contributed by atoms with Gasteiger partial charge in [-0.2, -0.15) is 5.10 Å². The van der Waals surface area contributed by atoms with Crippen molar-refractivity contribution in [1.29, 1.82) is 0 Å². The smallest absolute Gasteiger partial charge is 0.271 e. The zero-order chi connectivity index (χ0) is 18.1. The molecule has 0 radical (unpaired) electrons. The maximum absolute atomic E-state index is 11.8. The van der Waals surface area contributed by atoms with Crippen LogP contribution >= 0.6 is 0 Å². The van der Waals surface area contributed by atoms with Gasteiger partial charge in [-0.05, 0) is 18.2 Å². The van der Waals surface area contributed by atoms with Crippen LogP contribution in [-0.2, 0) is 9.59 Å². The summed E-state index contributed by atoms with van der Waals surface area (Å²) in [4.78, 5) is 37.5. The number of amides is 2. The number of nitrogens with zero attached hydrogens (tertiary/aromatic N) is 3. The van der Waals surface area contributed by atoms with E-state index in [0.29, 0.717) is 11.4 Å². The van der Waals surface area contributed by atoms with Crippen LogP contribution in [0.2, 0.25) is 0 Å². The van der Waals surface area contributed by atoms with Crippen molar-refractivity contribution in [2.24, 2.45) is 5.10 Å². The normalized spacial score (nSPS) is 10.4. The van der Waals surface area contributed by atoms with Crippen molar-refractivity contribution in [2.75, 3.05) is 5.32 Å². The number of nitro benzene ring substituents is 1. The van der Waals surface area contributed by atoms with Gasteiger partial charge in [0.15, 0.2) is 0 Å². The van der Waals surface area contributed by atoms with Crippen LogP contribution in [0.5, 0.6) is 0 Å². The van der Waals surface area contributed by atoms with E-state index in [1.807, 2.05) is 0 Å². The van der Waals surface area contributed by atoms with E-state index in [4.69, 9.17) is 0 Å². The molecule has 0 saturated carbocycles. The van der Waals surface area contributed by atoms with Crippen LogP contribution in [0.25, 0.3) is 0 Å². The molecule has 0 bridgehead atoms. The van der Waals surface area contributed by atoms with E-state index < -0.39 is 16.7 Å². The van der Waals surface area contributed by atoms with Crippen molar-refractivity contribution in [3.63, 3.8) is 0 Å². The molecule has 0 unspecified atom stereocenters. The number of anilines is 1. The van der Waals surface area contributed by atoms with Gasteiger partial charge >= 0.3 is 0 Å². The number of hydrazone groups is 1. The van der Waals surface area contributed by atoms with Gasteiger partial charge in [-0.1, -0.05) is 12.1 Å². The number of hydrogen-bond donors (Lipinski definition) is 2. The van der Waals surface area contributed by atoms with Crippen LogP contribution < -0.4 is 10.7 Å². The molecule has 1 heterocycles. The second-order valence-corrected chi connectivity index (χ2v) is 4.90. The van der Waals surface area contributed by atoms with E-state index >= 15 is 0 Å². The summed E-state index contributed by atoms with van der Waals surface area (Å²) in [7, 11) is 0. The largest absolute Gasteiger partial charge is 0.326 e. The molecule has 0 atom stereocenters. The van der Waals surface area contributed by atoms with E-state index in [2.05, 4.69) is 20.8 Å². The second-order valence-electron chi connectivity index (χ2n) is 4.90. The molecule has 0 aliphatic carbocycles. The highest BCUT2D eigenvalue weighted by molar-refractivity contribution is 5.93. The molecule has 0 aliphatic heterocycles. The fourth-order valence-electron chi connectivity index (χ4n) is 1.83. The summed E-state index contributed by atoms with van der Waals surface area (Å²) in [6.07, 6.45) is 2.84. The van der Waals surface area contributed by atoms with Crippen LogP contribution in [0.1, 0.15) is 18.5 Å². The summed E-state index contributed by atoms with van der Waals surface area (Å²) in [5, 5.41) is 16.9. The number of nitrogens with one attached hydrogen (secondary N) is 2. The molecular weight excluding hydrogens is 326 g/mol. The predicted octanol–water partition coefficient (Wildman–Crippen LogP) is 1.86. The lowest BCUT2D eigenvalue weighted by atomic mass is 10.2. The lowest BCUT2D eigenvalue weighted by molar-refractivity contribution is -0.384. The molecule has 2 amide bonds. The first-order valence-electron chi connectivity index (χ1n) is 7.32. The Bertz CT molecular complexity index is 792. The van der Waals surface area contributed by atoms with Gasteiger partial charge in [0.2, 0.25) is 11.8 Å². The van der Waals surface area contributed by atoms with Gasteiger partial charge in [-0.25, -0.2) is 5.43 Å². The molecule has 25 heavy (non-hydrogen) atoms. The average Bonchev–Trinajstić information content (AvgIpc) is 2.61.